The molecule has 0 amide bonds. The minimum absolute atomic E-state index is 0.0734. The van der Waals surface area contributed by atoms with Crippen LogP contribution in [0.5, 0.6) is 0 Å². The Bertz CT molecular complexity index is 921. The molecule has 0 fully saturated rings. The van der Waals surface area contributed by atoms with E-state index in [0.29, 0.717) is 5.56 Å². The fourth-order valence-corrected chi connectivity index (χ4v) is 4.16. The fraction of sp³-hybridized carbons (Fsp3) is 0.350. The van der Waals surface area contributed by atoms with Crippen molar-refractivity contribution in [1.82, 2.24) is 4.90 Å². The number of nitrogens with zero attached hydrogens (tertiary/aromatic N) is 2. The number of hydrogen-bond acceptors (Lipinski definition) is 3. The lowest BCUT2D eigenvalue weighted by molar-refractivity contribution is 0.552. The van der Waals surface area contributed by atoms with Crippen molar-refractivity contribution in [2.45, 2.75) is 43.4 Å². The highest BCUT2D eigenvalue weighted by Crippen LogP contribution is 2.34. The van der Waals surface area contributed by atoms with E-state index < -0.39 is 15.7 Å². The molecule has 2 rings (SSSR count). The molecule has 0 aliphatic heterocycles. The molecule has 0 aliphatic carbocycles. The van der Waals surface area contributed by atoms with E-state index in [1.54, 1.807) is 25.4 Å². The molecule has 0 unspecified atom stereocenters. The predicted octanol–water partition coefficient (Wildman–Crippen LogP) is 4.70. The maximum Gasteiger partial charge on any atom is 0.209 e. The lowest BCUT2D eigenvalue weighted by Crippen LogP contribution is -2.14. The number of aryl methyl sites for hydroxylation is 1. The van der Waals surface area contributed by atoms with Crippen LogP contribution in [0.1, 0.15) is 37.8 Å². The van der Waals surface area contributed by atoms with Gasteiger partial charge in [-0.05, 0) is 55.2 Å². The standard InChI is InChI=1S/C20H25FN2O2S/c1-6-23(5)13-22-18-11-15(4)20(12-16(18)14(2)3)26(24,25)19-10-8-7-9-17(19)21/h7-14H,6H2,1-5H3. The number of aliphatic imine (C=N–C) groups is 1. The molecule has 140 valence electrons. The third kappa shape index (κ3) is 4.12. The normalized spacial score (nSPS) is 12.1. The molecule has 0 saturated carbocycles. The first-order valence-electron chi connectivity index (χ1n) is 8.57. The smallest absolute Gasteiger partial charge is 0.209 e. The summed E-state index contributed by atoms with van der Waals surface area (Å²) in [5.41, 5.74) is 2.08. The Balaban J connectivity index is 2.63. The highest BCUT2D eigenvalue weighted by Gasteiger charge is 2.25. The van der Waals surface area contributed by atoms with Crippen molar-refractivity contribution in [3.05, 3.63) is 53.3 Å². The van der Waals surface area contributed by atoms with Gasteiger partial charge in [0.15, 0.2) is 0 Å². The second kappa shape index (κ2) is 7.99. The Morgan fingerprint density at radius 2 is 1.85 bits per heavy atom. The molecule has 26 heavy (non-hydrogen) atoms. The van der Waals surface area contributed by atoms with Gasteiger partial charge < -0.3 is 4.90 Å². The van der Waals surface area contributed by atoms with Gasteiger partial charge in [-0.3, -0.25) is 0 Å². The maximum absolute atomic E-state index is 14.1. The van der Waals surface area contributed by atoms with Gasteiger partial charge in [-0.25, -0.2) is 17.8 Å². The zero-order chi connectivity index (χ0) is 19.5. The molecule has 0 aromatic heterocycles. The largest absolute Gasteiger partial charge is 0.366 e. The molecule has 0 atom stereocenters. The monoisotopic (exact) mass is 376 g/mol. The average Bonchev–Trinajstić information content (AvgIpc) is 2.59. The van der Waals surface area contributed by atoms with Crippen LogP contribution in [0.4, 0.5) is 10.1 Å². The summed E-state index contributed by atoms with van der Waals surface area (Å²) in [7, 11) is -2.03. The lowest BCUT2D eigenvalue weighted by atomic mass is 9.99. The van der Waals surface area contributed by atoms with Crippen LogP contribution in [0.3, 0.4) is 0 Å². The fourth-order valence-electron chi connectivity index (χ4n) is 2.58. The number of rotatable bonds is 6. The van der Waals surface area contributed by atoms with Crippen molar-refractivity contribution < 1.29 is 12.8 Å². The second-order valence-corrected chi connectivity index (χ2v) is 8.47. The summed E-state index contributed by atoms with van der Waals surface area (Å²) in [6.45, 7) is 8.50. The van der Waals surface area contributed by atoms with Crippen LogP contribution in [0, 0.1) is 12.7 Å². The van der Waals surface area contributed by atoms with Crippen LogP contribution < -0.4 is 0 Å². The van der Waals surface area contributed by atoms with Crippen LogP contribution in [-0.2, 0) is 9.84 Å². The van der Waals surface area contributed by atoms with Gasteiger partial charge in [0.25, 0.3) is 0 Å². The quantitative estimate of drug-likeness (QED) is 0.542. The molecule has 4 nitrogen and oxygen atoms in total. The van der Waals surface area contributed by atoms with Crippen LogP contribution in [0.25, 0.3) is 0 Å². The Morgan fingerprint density at radius 1 is 1.19 bits per heavy atom. The van der Waals surface area contributed by atoms with Gasteiger partial charge in [0.2, 0.25) is 9.84 Å². The van der Waals surface area contributed by atoms with Gasteiger partial charge in [-0.15, -0.1) is 0 Å². The Labute approximate surface area is 155 Å². The molecule has 0 aliphatic rings. The van der Waals surface area contributed by atoms with Gasteiger partial charge >= 0.3 is 0 Å². The highest BCUT2D eigenvalue weighted by atomic mass is 32.2. The van der Waals surface area contributed by atoms with Crippen LogP contribution >= 0.6 is 0 Å². The van der Waals surface area contributed by atoms with Crippen molar-refractivity contribution in [2.24, 2.45) is 4.99 Å². The first kappa shape index (κ1) is 20.1. The summed E-state index contributed by atoms with van der Waals surface area (Å²) in [6, 6.07) is 8.83. The van der Waals surface area contributed by atoms with E-state index in [1.165, 1.54) is 18.2 Å². The van der Waals surface area contributed by atoms with Gasteiger partial charge in [0.1, 0.15) is 10.7 Å². The van der Waals surface area contributed by atoms with Crippen molar-refractivity contribution in [3.8, 4) is 0 Å². The van der Waals surface area contributed by atoms with Crippen molar-refractivity contribution in [2.75, 3.05) is 13.6 Å². The average molecular weight is 376 g/mol. The van der Waals surface area contributed by atoms with E-state index in [-0.39, 0.29) is 15.7 Å². The summed E-state index contributed by atoms with van der Waals surface area (Å²) in [5, 5.41) is 0. The Hall–Kier alpha value is -2.21. The van der Waals surface area contributed by atoms with Gasteiger partial charge in [-0.1, -0.05) is 26.0 Å². The van der Waals surface area contributed by atoms with Crippen LogP contribution in [-0.4, -0.2) is 33.2 Å². The molecule has 0 spiro atoms. The van der Waals surface area contributed by atoms with Crippen molar-refractivity contribution in [3.63, 3.8) is 0 Å². The highest BCUT2D eigenvalue weighted by molar-refractivity contribution is 7.91. The van der Waals surface area contributed by atoms with Gasteiger partial charge in [0.05, 0.1) is 16.9 Å². The first-order valence-corrected chi connectivity index (χ1v) is 10.0. The number of hydrogen-bond donors (Lipinski definition) is 0. The summed E-state index contributed by atoms with van der Waals surface area (Å²) in [6.07, 6.45) is 1.73. The first-order chi connectivity index (χ1) is 12.2. The molecular weight excluding hydrogens is 351 g/mol. The maximum atomic E-state index is 14.1. The van der Waals surface area contributed by atoms with E-state index in [2.05, 4.69) is 4.99 Å². The van der Waals surface area contributed by atoms with E-state index in [9.17, 15) is 12.8 Å². The SMILES string of the molecule is CCN(C)C=Nc1cc(C)c(S(=O)(=O)c2ccccc2F)cc1C(C)C. The number of halogens is 1. The molecule has 0 saturated heterocycles. The minimum atomic E-state index is -3.95. The molecule has 6 heteroatoms. The number of benzene rings is 2. The molecule has 0 heterocycles. The summed E-state index contributed by atoms with van der Waals surface area (Å²) in [5.74, 6) is -0.672. The topological polar surface area (TPSA) is 49.7 Å². The number of sulfone groups is 1. The molecule has 0 radical (unpaired) electrons. The lowest BCUT2D eigenvalue weighted by Gasteiger charge is -2.16. The third-order valence-corrected chi connectivity index (χ3v) is 6.18. The van der Waals surface area contributed by atoms with Crippen molar-refractivity contribution >= 4 is 21.9 Å². The second-order valence-electron chi connectivity index (χ2n) is 6.58. The molecule has 2 aromatic carbocycles. The van der Waals surface area contributed by atoms with Gasteiger partial charge in [-0.2, -0.15) is 0 Å². The Kier molecular flexibility index (Phi) is 6.18. The van der Waals surface area contributed by atoms with E-state index >= 15 is 0 Å². The summed E-state index contributed by atoms with van der Waals surface area (Å²) in [4.78, 5) is 6.25. The molecule has 2 aromatic rings. The van der Waals surface area contributed by atoms with Crippen molar-refractivity contribution in [1.29, 1.82) is 0 Å². The third-order valence-electron chi connectivity index (χ3n) is 4.25. The molecule has 0 N–H and O–H groups in total. The summed E-state index contributed by atoms with van der Waals surface area (Å²) >= 11 is 0. The minimum Gasteiger partial charge on any atom is -0.366 e. The Morgan fingerprint density at radius 3 is 2.42 bits per heavy atom. The molecule has 0 bridgehead atoms. The predicted molar refractivity (Wildman–Crippen MR) is 104 cm³/mol. The van der Waals surface area contributed by atoms with E-state index in [0.717, 1.165) is 23.9 Å². The van der Waals surface area contributed by atoms with Gasteiger partial charge in [0, 0.05) is 13.6 Å². The van der Waals surface area contributed by atoms with Crippen LogP contribution in [0.2, 0.25) is 0 Å². The van der Waals surface area contributed by atoms with E-state index in [1.807, 2.05) is 32.7 Å². The molecular formula is C20H25FN2O2S. The zero-order valence-electron chi connectivity index (χ0n) is 15.8. The van der Waals surface area contributed by atoms with Crippen LogP contribution in [0.15, 0.2) is 51.2 Å². The summed E-state index contributed by atoms with van der Waals surface area (Å²) < 4.78 is 40.1. The zero-order valence-corrected chi connectivity index (χ0v) is 16.6. The van der Waals surface area contributed by atoms with E-state index in [4.69, 9.17) is 0 Å².